The van der Waals surface area contributed by atoms with Gasteiger partial charge in [0, 0.05) is 0 Å². The summed E-state index contributed by atoms with van der Waals surface area (Å²) in [6, 6.07) is 0. The maximum atomic E-state index is 2.58. The van der Waals surface area contributed by atoms with Crippen LogP contribution in [0.5, 0.6) is 0 Å². The Morgan fingerprint density at radius 1 is 1.14 bits per heavy atom. The van der Waals surface area contributed by atoms with Crippen molar-refractivity contribution in [3.8, 4) is 0 Å². The number of piperidine rings is 1. The van der Waals surface area contributed by atoms with Crippen LogP contribution in [0.3, 0.4) is 0 Å². The summed E-state index contributed by atoms with van der Waals surface area (Å²) in [7, 11) is 0. The van der Waals surface area contributed by atoms with E-state index in [0.717, 1.165) is 5.92 Å². The summed E-state index contributed by atoms with van der Waals surface area (Å²) in [4.78, 5) is 2.58. The van der Waals surface area contributed by atoms with E-state index in [1.165, 1.54) is 45.3 Å². The first-order valence-electron chi connectivity index (χ1n) is 6.29. The third kappa shape index (κ3) is 3.61. The van der Waals surface area contributed by atoms with Gasteiger partial charge in [-0.3, -0.25) is 0 Å². The molecule has 1 aliphatic heterocycles. The van der Waals surface area contributed by atoms with Crippen molar-refractivity contribution >= 4 is 0 Å². The van der Waals surface area contributed by atoms with Crippen LogP contribution in [0.15, 0.2) is 0 Å². The zero-order chi connectivity index (χ0) is 10.6. The van der Waals surface area contributed by atoms with Crippen LogP contribution in [-0.2, 0) is 0 Å². The van der Waals surface area contributed by atoms with E-state index in [-0.39, 0.29) is 0 Å². The Balaban J connectivity index is 2.28. The lowest BCUT2D eigenvalue weighted by Gasteiger charge is -2.35. The molecule has 0 unspecified atom stereocenters. The van der Waals surface area contributed by atoms with Gasteiger partial charge >= 0.3 is 0 Å². The number of rotatable bonds is 4. The second kappa shape index (κ2) is 5.16. The van der Waals surface area contributed by atoms with E-state index in [2.05, 4.69) is 32.6 Å². The molecule has 0 atom stereocenters. The van der Waals surface area contributed by atoms with Gasteiger partial charge in [-0.2, -0.15) is 0 Å². The Morgan fingerprint density at radius 2 is 1.71 bits per heavy atom. The fraction of sp³-hybridized carbons (Fsp3) is 1.00. The highest BCUT2D eigenvalue weighted by molar-refractivity contribution is 4.77. The van der Waals surface area contributed by atoms with Crippen molar-refractivity contribution in [3.05, 3.63) is 0 Å². The fourth-order valence-corrected chi connectivity index (χ4v) is 2.43. The first-order valence-corrected chi connectivity index (χ1v) is 6.29. The van der Waals surface area contributed by atoms with Gasteiger partial charge in [-0.25, -0.2) is 0 Å². The van der Waals surface area contributed by atoms with E-state index in [4.69, 9.17) is 0 Å². The molecule has 0 spiro atoms. The molecule has 84 valence electrons. The predicted molar refractivity (Wildman–Crippen MR) is 63.5 cm³/mol. The number of likely N-dealkylation sites (tertiary alicyclic amines) is 1. The van der Waals surface area contributed by atoms with Gasteiger partial charge in [0.25, 0.3) is 0 Å². The lowest BCUT2D eigenvalue weighted by molar-refractivity contribution is 0.149. The quantitative estimate of drug-likeness (QED) is 0.666. The van der Waals surface area contributed by atoms with Gasteiger partial charge in [0.2, 0.25) is 0 Å². The van der Waals surface area contributed by atoms with Crippen molar-refractivity contribution < 1.29 is 0 Å². The van der Waals surface area contributed by atoms with Crippen molar-refractivity contribution in [1.29, 1.82) is 0 Å². The first kappa shape index (κ1) is 12.0. The van der Waals surface area contributed by atoms with Crippen LogP contribution in [0.1, 0.15) is 53.4 Å². The molecule has 1 heterocycles. The van der Waals surface area contributed by atoms with Crippen LogP contribution < -0.4 is 0 Å². The molecule has 0 aromatic carbocycles. The van der Waals surface area contributed by atoms with Crippen LogP contribution in [0.25, 0.3) is 0 Å². The van der Waals surface area contributed by atoms with Crippen molar-refractivity contribution in [1.82, 2.24) is 4.90 Å². The number of hydrogen-bond acceptors (Lipinski definition) is 1. The van der Waals surface area contributed by atoms with Gasteiger partial charge in [-0.15, -0.1) is 0 Å². The molecule has 1 saturated heterocycles. The van der Waals surface area contributed by atoms with Gasteiger partial charge < -0.3 is 4.90 Å². The standard InChI is InChI=1S/C13H27N/c1-5-13(3,4)11-12-7-9-14(6-2)10-8-12/h12H,5-11H2,1-4H3. The molecule has 14 heavy (non-hydrogen) atoms. The highest BCUT2D eigenvalue weighted by Crippen LogP contribution is 2.33. The summed E-state index contributed by atoms with van der Waals surface area (Å²) in [5.41, 5.74) is 0.569. The average molecular weight is 197 g/mol. The van der Waals surface area contributed by atoms with E-state index >= 15 is 0 Å². The molecule has 1 nitrogen and oxygen atoms in total. The van der Waals surface area contributed by atoms with Crippen LogP contribution in [-0.4, -0.2) is 24.5 Å². The highest BCUT2D eigenvalue weighted by Gasteiger charge is 2.24. The predicted octanol–water partition coefficient (Wildman–Crippen LogP) is 3.54. The zero-order valence-corrected chi connectivity index (χ0v) is 10.5. The third-order valence-electron chi connectivity index (χ3n) is 3.95. The summed E-state index contributed by atoms with van der Waals surface area (Å²) >= 11 is 0. The molecule has 0 N–H and O–H groups in total. The van der Waals surface area contributed by atoms with E-state index in [0.29, 0.717) is 5.41 Å². The summed E-state index contributed by atoms with van der Waals surface area (Å²) in [5, 5.41) is 0. The minimum Gasteiger partial charge on any atom is -0.304 e. The Hall–Kier alpha value is -0.0400. The van der Waals surface area contributed by atoms with Gasteiger partial charge in [-0.05, 0) is 50.2 Å². The molecule has 0 bridgehead atoms. The van der Waals surface area contributed by atoms with E-state index in [9.17, 15) is 0 Å². The van der Waals surface area contributed by atoms with Crippen molar-refractivity contribution in [2.75, 3.05) is 19.6 Å². The third-order valence-corrected chi connectivity index (χ3v) is 3.95. The Labute approximate surface area is 89.9 Å². The minimum absolute atomic E-state index is 0.569. The maximum absolute atomic E-state index is 2.58. The van der Waals surface area contributed by atoms with Crippen LogP contribution in [0, 0.1) is 11.3 Å². The topological polar surface area (TPSA) is 3.24 Å². The van der Waals surface area contributed by atoms with E-state index in [1.54, 1.807) is 0 Å². The fourth-order valence-electron chi connectivity index (χ4n) is 2.43. The lowest BCUT2D eigenvalue weighted by Crippen LogP contribution is -2.34. The van der Waals surface area contributed by atoms with Crippen LogP contribution in [0.2, 0.25) is 0 Å². The van der Waals surface area contributed by atoms with Gasteiger partial charge in [0.05, 0.1) is 0 Å². The highest BCUT2D eigenvalue weighted by atomic mass is 15.1. The smallest absolute Gasteiger partial charge is 0.00162 e. The van der Waals surface area contributed by atoms with E-state index in [1.807, 2.05) is 0 Å². The Kier molecular flexibility index (Phi) is 4.43. The monoisotopic (exact) mass is 197 g/mol. The minimum atomic E-state index is 0.569. The van der Waals surface area contributed by atoms with Crippen molar-refractivity contribution in [3.63, 3.8) is 0 Å². The van der Waals surface area contributed by atoms with Crippen molar-refractivity contribution in [2.24, 2.45) is 11.3 Å². The van der Waals surface area contributed by atoms with Gasteiger partial charge in [-0.1, -0.05) is 34.1 Å². The molecule has 0 aromatic heterocycles. The largest absolute Gasteiger partial charge is 0.304 e. The lowest BCUT2D eigenvalue weighted by atomic mass is 9.77. The molecule has 1 fully saturated rings. The molecule has 1 aliphatic rings. The molecule has 0 amide bonds. The normalized spacial score (nSPS) is 21.4. The van der Waals surface area contributed by atoms with Crippen molar-refractivity contribution in [2.45, 2.75) is 53.4 Å². The number of hydrogen-bond donors (Lipinski definition) is 0. The maximum Gasteiger partial charge on any atom is -0.00162 e. The molecule has 0 radical (unpaired) electrons. The average Bonchev–Trinajstić information content (AvgIpc) is 2.19. The molecule has 0 aromatic rings. The second-order valence-corrected chi connectivity index (χ2v) is 5.60. The molecule has 0 aliphatic carbocycles. The molecule has 0 saturated carbocycles. The SMILES string of the molecule is CCN1CCC(CC(C)(C)CC)CC1. The zero-order valence-electron chi connectivity index (χ0n) is 10.5. The molecule has 1 rings (SSSR count). The van der Waals surface area contributed by atoms with Crippen LogP contribution >= 0.6 is 0 Å². The van der Waals surface area contributed by atoms with E-state index < -0.39 is 0 Å². The molecular weight excluding hydrogens is 170 g/mol. The van der Waals surface area contributed by atoms with Gasteiger partial charge in [0.1, 0.15) is 0 Å². The molecule has 1 heteroatoms. The second-order valence-electron chi connectivity index (χ2n) is 5.60. The summed E-state index contributed by atoms with van der Waals surface area (Å²) in [6.07, 6.45) is 5.61. The Bertz CT molecular complexity index is 155. The van der Waals surface area contributed by atoms with Gasteiger partial charge in [0.15, 0.2) is 0 Å². The Morgan fingerprint density at radius 3 is 2.14 bits per heavy atom. The first-order chi connectivity index (χ1) is 6.57. The summed E-state index contributed by atoms with van der Waals surface area (Å²) in [6.45, 7) is 13.3. The van der Waals surface area contributed by atoms with Crippen LogP contribution in [0.4, 0.5) is 0 Å². The summed E-state index contributed by atoms with van der Waals surface area (Å²) < 4.78 is 0. The number of nitrogens with zero attached hydrogens (tertiary/aromatic N) is 1. The summed E-state index contributed by atoms with van der Waals surface area (Å²) in [5.74, 6) is 0.993. The molecular formula is C13H27N.